The zero-order valence-corrected chi connectivity index (χ0v) is 10.9. The lowest BCUT2D eigenvalue weighted by Crippen LogP contribution is -2.16. The average Bonchev–Trinajstić information content (AvgIpc) is 2.87. The van der Waals surface area contributed by atoms with Crippen LogP contribution in [0.3, 0.4) is 0 Å². The van der Waals surface area contributed by atoms with Crippen molar-refractivity contribution in [3.05, 3.63) is 15.6 Å². The lowest BCUT2D eigenvalue weighted by molar-refractivity contribution is 0.561. The zero-order chi connectivity index (χ0) is 11.1. The monoisotopic (exact) mass is 224 g/mol. The third kappa shape index (κ3) is 2.40. The van der Waals surface area contributed by atoms with Crippen molar-refractivity contribution in [2.75, 3.05) is 7.05 Å². The molecule has 2 nitrogen and oxygen atoms in total. The van der Waals surface area contributed by atoms with Gasteiger partial charge in [-0.25, -0.2) is 4.98 Å². The topological polar surface area (TPSA) is 24.9 Å². The Hall–Kier alpha value is -0.410. The van der Waals surface area contributed by atoms with Crippen molar-refractivity contribution in [2.24, 2.45) is 0 Å². The van der Waals surface area contributed by atoms with Gasteiger partial charge in [0, 0.05) is 22.8 Å². The Bertz CT molecular complexity index is 345. The number of nitrogens with one attached hydrogen (secondary N) is 1. The molecule has 1 aromatic rings. The van der Waals surface area contributed by atoms with Gasteiger partial charge in [-0.05, 0) is 19.9 Å². The highest BCUT2D eigenvalue weighted by Gasteiger charge is 2.30. The fourth-order valence-corrected chi connectivity index (χ4v) is 3.20. The van der Waals surface area contributed by atoms with E-state index in [2.05, 4.69) is 26.1 Å². The molecule has 1 fully saturated rings. The van der Waals surface area contributed by atoms with Gasteiger partial charge in [0.25, 0.3) is 0 Å². The molecule has 0 saturated heterocycles. The Morgan fingerprint density at radius 3 is 2.53 bits per heavy atom. The lowest BCUT2D eigenvalue weighted by Gasteiger charge is -2.17. The van der Waals surface area contributed by atoms with Crippen LogP contribution in [0.5, 0.6) is 0 Å². The van der Waals surface area contributed by atoms with Gasteiger partial charge < -0.3 is 5.32 Å². The van der Waals surface area contributed by atoms with Crippen LogP contribution in [-0.2, 0) is 12.0 Å². The van der Waals surface area contributed by atoms with Gasteiger partial charge in [0.1, 0.15) is 0 Å². The predicted molar refractivity (Wildman–Crippen MR) is 65.6 cm³/mol. The number of rotatable bonds is 3. The molecule has 0 spiro atoms. The average molecular weight is 224 g/mol. The maximum Gasteiger partial charge on any atom is 0.0962 e. The first kappa shape index (κ1) is 11.1. The minimum absolute atomic E-state index is 0.176. The second-order valence-electron chi connectivity index (χ2n) is 5.38. The normalized spacial score (nSPS) is 17.1. The van der Waals surface area contributed by atoms with Crippen molar-refractivity contribution in [3.63, 3.8) is 0 Å². The van der Waals surface area contributed by atoms with E-state index in [1.807, 2.05) is 18.4 Å². The van der Waals surface area contributed by atoms with E-state index in [0.717, 1.165) is 12.5 Å². The summed E-state index contributed by atoms with van der Waals surface area (Å²) >= 11 is 1.91. The molecule has 1 N–H and O–H groups in total. The van der Waals surface area contributed by atoms with E-state index in [0.29, 0.717) is 0 Å². The number of nitrogens with zero attached hydrogens (tertiary/aromatic N) is 1. The van der Waals surface area contributed by atoms with Crippen LogP contribution >= 0.6 is 11.3 Å². The first-order valence-electron chi connectivity index (χ1n) is 5.67. The van der Waals surface area contributed by atoms with Gasteiger partial charge in [-0.1, -0.05) is 20.8 Å². The highest BCUT2D eigenvalue weighted by Crippen LogP contribution is 2.44. The number of hydrogen-bond donors (Lipinski definition) is 1. The molecular weight excluding hydrogens is 204 g/mol. The first-order valence-corrected chi connectivity index (χ1v) is 6.48. The summed E-state index contributed by atoms with van der Waals surface area (Å²) in [4.78, 5) is 6.26. The Morgan fingerprint density at radius 1 is 1.40 bits per heavy atom. The van der Waals surface area contributed by atoms with Crippen molar-refractivity contribution < 1.29 is 0 Å². The van der Waals surface area contributed by atoms with Gasteiger partial charge in [-0.2, -0.15) is 0 Å². The molecule has 0 radical (unpaired) electrons. The van der Waals surface area contributed by atoms with Crippen molar-refractivity contribution >= 4 is 11.3 Å². The summed E-state index contributed by atoms with van der Waals surface area (Å²) in [7, 11) is 2.00. The number of hydrogen-bond acceptors (Lipinski definition) is 3. The Labute approximate surface area is 96.1 Å². The molecule has 84 valence electrons. The largest absolute Gasteiger partial charge is 0.315 e. The summed E-state index contributed by atoms with van der Waals surface area (Å²) in [6, 6.07) is 0. The number of thiazole rings is 1. The molecule has 1 aliphatic carbocycles. The van der Waals surface area contributed by atoms with Gasteiger partial charge in [0.15, 0.2) is 0 Å². The van der Waals surface area contributed by atoms with Gasteiger partial charge in [0.05, 0.1) is 10.7 Å². The second-order valence-corrected chi connectivity index (χ2v) is 6.49. The van der Waals surface area contributed by atoms with Crippen molar-refractivity contribution in [2.45, 2.75) is 51.5 Å². The fourth-order valence-electron chi connectivity index (χ4n) is 1.74. The van der Waals surface area contributed by atoms with Crippen molar-refractivity contribution in [1.82, 2.24) is 10.3 Å². The summed E-state index contributed by atoms with van der Waals surface area (Å²) in [5, 5.41) is 4.61. The first-order chi connectivity index (χ1) is 7.02. The summed E-state index contributed by atoms with van der Waals surface area (Å²) < 4.78 is 0. The minimum atomic E-state index is 0.176. The Morgan fingerprint density at radius 2 is 2.07 bits per heavy atom. The standard InChI is InChI=1S/C12H20N2S/c1-12(2,3)10-9(7-13-4)15-11(14-10)8-5-6-8/h8,13H,5-7H2,1-4H3. The van der Waals surface area contributed by atoms with Crippen LogP contribution in [0.15, 0.2) is 0 Å². The molecule has 15 heavy (non-hydrogen) atoms. The summed E-state index contributed by atoms with van der Waals surface area (Å²) in [6.45, 7) is 7.70. The van der Waals surface area contributed by atoms with Crippen LogP contribution in [0.2, 0.25) is 0 Å². The van der Waals surface area contributed by atoms with E-state index in [4.69, 9.17) is 4.98 Å². The van der Waals surface area contributed by atoms with Gasteiger partial charge >= 0.3 is 0 Å². The molecule has 1 heterocycles. The quantitative estimate of drug-likeness (QED) is 0.853. The van der Waals surface area contributed by atoms with Gasteiger partial charge in [-0.3, -0.25) is 0 Å². The van der Waals surface area contributed by atoms with Crippen molar-refractivity contribution in [3.8, 4) is 0 Å². The predicted octanol–water partition coefficient (Wildman–Crippen LogP) is 3.04. The Balaban J connectivity index is 2.32. The van der Waals surface area contributed by atoms with Crippen LogP contribution in [0.25, 0.3) is 0 Å². The Kier molecular flexibility index (Phi) is 2.86. The molecule has 1 saturated carbocycles. The molecular formula is C12H20N2S. The summed E-state index contributed by atoms with van der Waals surface area (Å²) in [5.41, 5.74) is 1.47. The zero-order valence-electron chi connectivity index (χ0n) is 10.1. The molecule has 0 atom stereocenters. The highest BCUT2D eigenvalue weighted by molar-refractivity contribution is 7.11. The molecule has 0 unspecified atom stereocenters. The molecule has 1 aromatic heterocycles. The smallest absolute Gasteiger partial charge is 0.0962 e. The molecule has 2 rings (SSSR count). The third-order valence-electron chi connectivity index (χ3n) is 2.69. The van der Waals surface area contributed by atoms with E-state index < -0.39 is 0 Å². The maximum absolute atomic E-state index is 4.84. The third-order valence-corrected chi connectivity index (χ3v) is 3.91. The number of aromatic nitrogens is 1. The van der Waals surface area contributed by atoms with E-state index in [1.165, 1.54) is 28.4 Å². The van der Waals surface area contributed by atoms with Crippen LogP contribution in [0.4, 0.5) is 0 Å². The molecule has 0 aromatic carbocycles. The van der Waals surface area contributed by atoms with Crippen LogP contribution < -0.4 is 5.32 Å². The molecule has 0 bridgehead atoms. The molecule has 1 aliphatic rings. The van der Waals surface area contributed by atoms with E-state index in [-0.39, 0.29) is 5.41 Å². The van der Waals surface area contributed by atoms with Crippen LogP contribution in [0, 0.1) is 0 Å². The van der Waals surface area contributed by atoms with Crippen LogP contribution in [-0.4, -0.2) is 12.0 Å². The van der Waals surface area contributed by atoms with Gasteiger partial charge in [-0.15, -0.1) is 11.3 Å². The van der Waals surface area contributed by atoms with Crippen LogP contribution in [0.1, 0.15) is 55.1 Å². The summed E-state index contributed by atoms with van der Waals surface area (Å²) in [5.74, 6) is 0.779. The van der Waals surface area contributed by atoms with Gasteiger partial charge in [0.2, 0.25) is 0 Å². The fraction of sp³-hybridized carbons (Fsp3) is 0.750. The second kappa shape index (κ2) is 3.87. The van der Waals surface area contributed by atoms with E-state index >= 15 is 0 Å². The minimum Gasteiger partial charge on any atom is -0.315 e. The maximum atomic E-state index is 4.84. The van der Waals surface area contributed by atoms with Crippen molar-refractivity contribution in [1.29, 1.82) is 0 Å². The molecule has 3 heteroatoms. The highest BCUT2D eigenvalue weighted by atomic mass is 32.1. The summed E-state index contributed by atoms with van der Waals surface area (Å²) in [6.07, 6.45) is 2.69. The molecule has 0 amide bonds. The lowest BCUT2D eigenvalue weighted by atomic mass is 9.91. The van der Waals surface area contributed by atoms with E-state index in [9.17, 15) is 0 Å². The SMILES string of the molecule is CNCc1sc(C2CC2)nc1C(C)(C)C. The molecule has 0 aliphatic heterocycles. The van der Waals surface area contributed by atoms with E-state index in [1.54, 1.807) is 0 Å².